The first-order chi connectivity index (χ1) is 12.4. The van der Waals surface area contributed by atoms with E-state index in [2.05, 4.69) is 17.0 Å². The van der Waals surface area contributed by atoms with Crippen molar-refractivity contribution in [2.45, 2.75) is 31.9 Å². The number of nitrogens with zero attached hydrogens (tertiary/aromatic N) is 2. The first-order valence-corrected chi connectivity index (χ1v) is 8.77. The molecule has 1 aliphatic carbocycles. The molecule has 1 aromatic heterocycles. The zero-order chi connectivity index (χ0) is 18.7. The second-order valence-electron chi connectivity index (χ2n) is 7.03. The SMILES string of the molecule is C=C(C)COc1ccccc1C(=O)NC(c1cnn(C)c1)C1CC(O)C1. The van der Waals surface area contributed by atoms with Crippen LogP contribution in [0.5, 0.6) is 5.75 Å². The van der Waals surface area contributed by atoms with Gasteiger partial charge >= 0.3 is 0 Å². The maximum atomic E-state index is 12.9. The molecule has 0 saturated heterocycles. The molecule has 0 bridgehead atoms. The van der Waals surface area contributed by atoms with E-state index in [0.717, 1.165) is 11.1 Å². The zero-order valence-electron chi connectivity index (χ0n) is 15.2. The molecule has 1 saturated carbocycles. The molecule has 6 nitrogen and oxygen atoms in total. The second-order valence-corrected chi connectivity index (χ2v) is 7.03. The normalized spacial score (nSPS) is 20.1. The van der Waals surface area contributed by atoms with Crippen molar-refractivity contribution in [3.05, 3.63) is 59.9 Å². The number of nitrogens with one attached hydrogen (secondary N) is 1. The van der Waals surface area contributed by atoms with E-state index in [1.54, 1.807) is 23.0 Å². The Labute approximate surface area is 153 Å². The average Bonchev–Trinajstić information content (AvgIpc) is 3.01. The number of para-hydroxylation sites is 1. The van der Waals surface area contributed by atoms with Crippen molar-refractivity contribution in [2.75, 3.05) is 6.61 Å². The number of aliphatic hydroxyl groups excluding tert-OH is 1. The molecule has 1 atom stereocenters. The van der Waals surface area contributed by atoms with Crippen molar-refractivity contribution in [2.24, 2.45) is 13.0 Å². The van der Waals surface area contributed by atoms with Gasteiger partial charge in [-0.05, 0) is 43.4 Å². The molecule has 0 aliphatic heterocycles. The Morgan fingerprint density at radius 3 is 2.81 bits per heavy atom. The minimum Gasteiger partial charge on any atom is -0.488 e. The molecule has 2 aromatic rings. The average molecular weight is 355 g/mol. The van der Waals surface area contributed by atoms with E-state index in [0.29, 0.717) is 30.8 Å². The van der Waals surface area contributed by atoms with Gasteiger partial charge in [0.2, 0.25) is 0 Å². The van der Waals surface area contributed by atoms with Crippen LogP contribution in [0.2, 0.25) is 0 Å². The third-order valence-corrected chi connectivity index (χ3v) is 4.60. The minimum absolute atomic E-state index is 0.186. The Kier molecular flexibility index (Phi) is 5.42. The quantitative estimate of drug-likeness (QED) is 0.749. The van der Waals surface area contributed by atoms with Crippen LogP contribution in [-0.4, -0.2) is 33.5 Å². The van der Waals surface area contributed by atoms with Gasteiger partial charge in [-0.15, -0.1) is 0 Å². The Morgan fingerprint density at radius 2 is 2.19 bits per heavy atom. The first-order valence-electron chi connectivity index (χ1n) is 8.77. The number of ether oxygens (including phenoxy) is 1. The lowest BCUT2D eigenvalue weighted by Gasteiger charge is -2.37. The molecule has 26 heavy (non-hydrogen) atoms. The van der Waals surface area contributed by atoms with Crippen LogP contribution in [0.4, 0.5) is 0 Å². The summed E-state index contributed by atoms with van der Waals surface area (Å²) in [5.41, 5.74) is 2.32. The summed E-state index contributed by atoms with van der Waals surface area (Å²) in [5.74, 6) is 0.533. The van der Waals surface area contributed by atoms with Gasteiger partial charge in [0, 0.05) is 18.8 Å². The van der Waals surface area contributed by atoms with Gasteiger partial charge in [-0.25, -0.2) is 0 Å². The van der Waals surface area contributed by atoms with Crippen LogP contribution < -0.4 is 10.1 Å². The molecule has 6 heteroatoms. The highest BCUT2D eigenvalue weighted by atomic mass is 16.5. The van der Waals surface area contributed by atoms with E-state index < -0.39 is 0 Å². The lowest BCUT2D eigenvalue weighted by Crippen LogP contribution is -2.41. The van der Waals surface area contributed by atoms with E-state index in [1.165, 1.54) is 0 Å². The lowest BCUT2D eigenvalue weighted by atomic mass is 9.75. The van der Waals surface area contributed by atoms with Crippen molar-refractivity contribution in [3.63, 3.8) is 0 Å². The van der Waals surface area contributed by atoms with Crippen molar-refractivity contribution < 1.29 is 14.6 Å². The Bertz CT molecular complexity index is 793. The van der Waals surface area contributed by atoms with Crippen LogP contribution in [0.3, 0.4) is 0 Å². The molecule has 1 aromatic carbocycles. The van der Waals surface area contributed by atoms with Crippen molar-refractivity contribution in [1.82, 2.24) is 15.1 Å². The number of aromatic nitrogens is 2. The van der Waals surface area contributed by atoms with Gasteiger partial charge in [-0.3, -0.25) is 9.48 Å². The fraction of sp³-hybridized carbons (Fsp3) is 0.400. The van der Waals surface area contributed by atoms with Crippen molar-refractivity contribution >= 4 is 5.91 Å². The number of carbonyl (C=O) groups excluding carboxylic acids is 1. The molecule has 2 N–H and O–H groups in total. The third-order valence-electron chi connectivity index (χ3n) is 4.60. The molecule has 1 amide bonds. The summed E-state index contributed by atoms with van der Waals surface area (Å²) in [5, 5.41) is 17.0. The molecule has 138 valence electrons. The molecule has 1 fully saturated rings. The highest BCUT2D eigenvalue weighted by Crippen LogP contribution is 2.38. The molecular formula is C20H25N3O3. The number of hydrogen-bond acceptors (Lipinski definition) is 4. The Hall–Kier alpha value is -2.60. The molecular weight excluding hydrogens is 330 g/mol. The number of hydrogen-bond donors (Lipinski definition) is 2. The largest absolute Gasteiger partial charge is 0.488 e. The van der Waals surface area contributed by atoms with E-state index >= 15 is 0 Å². The number of carbonyl (C=O) groups is 1. The number of amides is 1. The number of aryl methyl sites for hydroxylation is 1. The highest BCUT2D eigenvalue weighted by Gasteiger charge is 2.36. The summed E-state index contributed by atoms with van der Waals surface area (Å²) in [6, 6.07) is 7.00. The van der Waals surface area contributed by atoms with Crippen LogP contribution in [0.1, 0.15) is 41.7 Å². The molecule has 1 unspecified atom stereocenters. The summed E-state index contributed by atoms with van der Waals surface area (Å²) in [4.78, 5) is 12.9. The number of aliphatic hydroxyl groups is 1. The molecule has 0 radical (unpaired) electrons. The molecule has 1 heterocycles. The molecule has 0 spiro atoms. The first kappa shape index (κ1) is 18.2. The maximum absolute atomic E-state index is 12.9. The van der Waals surface area contributed by atoms with Crippen LogP contribution in [-0.2, 0) is 7.05 Å². The third kappa shape index (κ3) is 4.14. The van der Waals surface area contributed by atoms with Crippen LogP contribution in [0.25, 0.3) is 0 Å². The van der Waals surface area contributed by atoms with Crippen molar-refractivity contribution in [3.8, 4) is 5.75 Å². The van der Waals surface area contributed by atoms with Crippen LogP contribution in [0.15, 0.2) is 48.8 Å². The predicted octanol–water partition coefficient (Wildman–Crippen LogP) is 2.62. The fourth-order valence-electron chi connectivity index (χ4n) is 3.18. The second kappa shape index (κ2) is 7.74. The van der Waals surface area contributed by atoms with Gasteiger partial charge in [0.25, 0.3) is 5.91 Å². The Balaban J connectivity index is 1.79. The summed E-state index contributed by atoms with van der Waals surface area (Å²) >= 11 is 0. The molecule has 1 aliphatic rings. The summed E-state index contributed by atoms with van der Waals surface area (Å²) in [7, 11) is 1.85. The van der Waals surface area contributed by atoms with E-state index in [9.17, 15) is 9.90 Å². The summed E-state index contributed by atoms with van der Waals surface area (Å²) in [6.45, 7) is 6.07. The maximum Gasteiger partial charge on any atom is 0.255 e. The van der Waals surface area contributed by atoms with Gasteiger partial charge in [-0.2, -0.15) is 5.10 Å². The van der Waals surface area contributed by atoms with Crippen molar-refractivity contribution in [1.29, 1.82) is 0 Å². The molecule has 3 rings (SSSR count). The van der Waals surface area contributed by atoms with Gasteiger partial charge in [0.1, 0.15) is 12.4 Å². The van der Waals surface area contributed by atoms with E-state index in [1.807, 2.05) is 32.3 Å². The Morgan fingerprint density at radius 1 is 1.46 bits per heavy atom. The van der Waals surface area contributed by atoms with E-state index in [4.69, 9.17) is 4.74 Å². The number of benzene rings is 1. The monoisotopic (exact) mass is 355 g/mol. The highest BCUT2D eigenvalue weighted by molar-refractivity contribution is 5.97. The summed E-state index contributed by atoms with van der Waals surface area (Å²) in [6.07, 6.45) is 4.72. The smallest absolute Gasteiger partial charge is 0.255 e. The summed E-state index contributed by atoms with van der Waals surface area (Å²) < 4.78 is 7.43. The lowest BCUT2D eigenvalue weighted by molar-refractivity contribution is 0.0235. The predicted molar refractivity (Wildman–Crippen MR) is 98.9 cm³/mol. The van der Waals surface area contributed by atoms with E-state index in [-0.39, 0.29) is 24.0 Å². The fourth-order valence-corrected chi connectivity index (χ4v) is 3.18. The van der Waals surface area contributed by atoms with Gasteiger partial charge in [-0.1, -0.05) is 18.7 Å². The topological polar surface area (TPSA) is 76.4 Å². The minimum atomic E-state index is -0.290. The van der Waals surface area contributed by atoms with Crippen LogP contribution in [0, 0.1) is 5.92 Å². The van der Waals surface area contributed by atoms with Gasteiger partial charge in [0.15, 0.2) is 0 Å². The van der Waals surface area contributed by atoms with Gasteiger partial charge < -0.3 is 15.2 Å². The standard InChI is InChI=1S/C20H25N3O3/c1-13(2)12-26-18-7-5-4-6-17(18)20(25)22-19(14-8-16(24)9-14)15-10-21-23(3)11-15/h4-7,10-11,14,16,19,24H,1,8-9,12H2,2-3H3,(H,22,25). The van der Waals surface area contributed by atoms with Crippen LogP contribution >= 0.6 is 0 Å². The number of rotatable bonds is 7. The van der Waals surface area contributed by atoms with Gasteiger partial charge in [0.05, 0.1) is 23.9 Å². The zero-order valence-corrected chi connectivity index (χ0v) is 15.2.